The van der Waals surface area contributed by atoms with Crippen LogP contribution in [0.4, 0.5) is 18.9 Å². The zero-order valence-corrected chi connectivity index (χ0v) is 12.7. The van der Waals surface area contributed by atoms with Crippen LogP contribution in [0.1, 0.15) is 28.4 Å². The van der Waals surface area contributed by atoms with E-state index in [-0.39, 0.29) is 23.6 Å². The number of rotatable bonds is 4. The number of amides is 1. The molecule has 0 aromatic heterocycles. The van der Waals surface area contributed by atoms with Gasteiger partial charge in [0.1, 0.15) is 6.61 Å². The number of hydrogen-bond donors (Lipinski definition) is 1. The molecule has 0 radical (unpaired) electrons. The molecule has 0 unspecified atom stereocenters. The van der Waals surface area contributed by atoms with Crippen LogP contribution >= 0.6 is 0 Å². The van der Waals surface area contributed by atoms with Gasteiger partial charge in [-0.05, 0) is 42.0 Å². The number of benzene rings is 2. The molecule has 1 N–H and O–H groups in total. The zero-order chi connectivity index (χ0) is 17.7. The lowest BCUT2D eigenvalue weighted by atomic mass is 10.1. The standard InChI is InChI=1S/C17H14F3NO3/c1-11(22)21-15-7-5-13(6-8-15)16(23)24-10-12-3-2-4-14(9-12)17(18,19)20/h2-9H,10H2,1H3,(H,21,22). The molecule has 1 amide bonds. The van der Waals surface area contributed by atoms with Crippen LogP contribution in [0.3, 0.4) is 0 Å². The van der Waals surface area contributed by atoms with Crippen molar-refractivity contribution < 1.29 is 27.5 Å². The Morgan fingerprint density at radius 3 is 2.33 bits per heavy atom. The molecule has 0 saturated heterocycles. The minimum absolute atomic E-state index is 0.232. The second-order valence-electron chi connectivity index (χ2n) is 5.03. The first kappa shape index (κ1) is 17.5. The lowest BCUT2D eigenvalue weighted by molar-refractivity contribution is -0.137. The highest BCUT2D eigenvalue weighted by molar-refractivity contribution is 5.92. The van der Waals surface area contributed by atoms with E-state index in [0.29, 0.717) is 5.69 Å². The Kier molecular flexibility index (Phi) is 5.23. The number of halogens is 3. The van der Waals surface area contributed by atoms with Crippen LogP contribution in [0.2, 0.25) is 0 Å². The fraction of sp³-hybridized carbons (Fsp3) is 0.176. The van der Waals surface area contributed by atoms with Crippen LogP contribution in [0.5, 0.6) is 0 Å². The Labute approximate surface area is 136 Å². The largest absolute Gasteiger partial charge is 0.457 e. The summed E-state index contributed by atoms with van der Waals surface area (Å²) in [6.45, 7) is 1.09. The minimum Gasteiger partial charge on any atom is -0.457 e. The van der Waals surface area contributed by atoms with Gasteiger partial charge in [-0.3, -0.25) is 4.79 Å². The molecule has 7 heteroatoms. The molecule has 0 saturated carbocycles. The highest BCUT2D eigenvalue weighted by atomic mass is 19.4. The highest BCUT2D eigenvalue weighted by Crippen LogP contribution is 2.29. The van der Waals surface area contributed by atoms with E-state index in [1.165, 1.54) is 43.3 Å². The van der Waals surface area contributed by atoms with Crippen molar-refractivity contribution in [2.45, 2.75) is 19.7 Å². The maximum absolute atomic E-state index is 12.6. The van der Waals surface area contributed by atoms with Crippen LogP contribution in [0.15, 0.2) is 48.5 Å². The highest BCUT2D eigenvalue weighted by Gasteiger charge is 2.30. The zero-order valence-electron chi connectivity index (χ0n) is 12.7. The quantitative estimate of drug-likeness (QED) is 0.857. The van der Waals surface area contributed by atoms with Gasteiger partial charge in [0.2, 0.25) is 5.91 Å². The first-order chi connectivity index (χ1) is 11.3. The molecule has 0 spiro atoms. The van der Waals surface area contributed by atoms with Crippen molar-refractivity contribution >= 4 is 17.6 Å². The monoisotopic (exact) mass is 337 g/mol. The fourth-order valence-electron chi connectivity index (χ4n) is 1.96. The van der Waals surface area contributed by atoms with Crippen molar-refractivity contribution in [1.82, 2.24) is 0 Å². The van der Waals surface area contributed by atoms with Gasteiger partial charge < -0.3 is 10.1 Å². The molecular formula is C17H14F3NO3. The lowest BCUT2D eigenvalue weighted by Gasteiger charge is -2.09. The average Bonchev–Trinajstić information content (AvgIpc) is 2.52. The Morgan fingerprint density at radius 2 is 1.75 bits per heavy atom. The average molecular weight is 337 g/mol. The molecule has 0 atom stereocenters. The van der Waals surface area contributed by atoms with E-state index in [0.717, 1.165) is 12.1 Å². The number of carbonyl (C=O) groups excluding carboxylic acids is 2. The van der Waals surface area contributed by atoms with Crippen LogP contribution in [0.25, 0.3) is 0 Å². The van der Waals surface area contributed by atoms with Crippen LogP contribution in [-0.2, 0) is 22.3 Å². The molecule has 2 aromatic carbocycles. The molecule has 0 aliphatic carbocycles. The fourth-order valence-corrected chi connectivity index (χ4v) is 1.96. The Morgan fingerprint density at radius 1 is 1.08 bits per heavy atom. The first-order valence-electron chi connectivity index (χ1n) is 6.96. The van der Waals surface area contributed by atoms with E-state index in [1.54, 1.807) is 0 Å². The third-order valence-corrected chi connectivity index (χ3v) is 3.07. The summed E-state index contributed by atoms with van der Waals surface area (Å²) in [6, 6.07) is 10.6. The van der Waals surface area contributed by atoms with Gasteiger partial charge in [-0.1, -0.05) is 12.1 Å². The molecule has 0 bridgehead atoms. The summed E-state index contributed by atoms with van der Waals surface area (Å²) in [5.74, 6) is -0.906. The van der Waals surface area contributed by atoms with E-state index in [2.05, 4.69) is 5.32 Å². The number of ether oxygens (including phenoxy) is 1. The van der Waals surface area contributed by atoms with Crippen molar-refractivity contribution in [3.63, 3.8) is 0 Å². The van der Waals surface area contributed by atoms with Gasteiger partial charge in [0.15, 0.2) is 0 Å². The van der Waals surface area contributed by atoms with E-state index in [4.69, 9.17) is 4.74 Å². The van der Waals surface area contributed by atoms with E-state index >= 15 is 0 Å². The van der Waals surface area contributed by atoms with Gasteiger partial charge in [0, 0.05) is 12.6 Å². The van der Waals surface area contributed by atoms with Gasteiger partial charge in [-0.25, -0.2) is 4.79 Å². The van der Waals surface area contributed by atoms with Crippen LogP contribution in [-0.4, -0.2) is 11.9 Å². The van der Waals surface area contributed by atoms with Crippen molar-refractivity contribution in [3.8, 4) is 0 Å². The minimum atomic E-state index is -4.44. The first-order valence-corrected chi connectivity index (χ1v) is 6.96. The smallest absolute Gasteiger partial charge is 0.416 e. The van der Waals surface area contributed by atoms with E-state index < -0.39 is 17.7 Å². The van der Waals surface area contributed by atoms with E-state index in [9.17, 15) is 22.8 Å². The number of anilines is 1. The summed E-state index contributed by atoms with van der Waals surface area (Å²) < 4.78 is 42.9. The summed E-state index contributed by atoms with van der Waals surface area (Å²) >= 11 is 0. The predicted molar refractivity (Wildman–Crippen MR) is 81.3 cm³/mol. The summed E-state index contributed by atoms with van der Waals surface area (Å²) in [5.41, 5.74) is 0.205. The lowest BCUT2D eigenvalue weighted by Crippen LogP contribution is -2.09. The maximum atomic E-state index is 12.6. The van der Waals surface area contributed by atoms with Crippen molar-refractivity contribution in [2.24, 2.45) is 0 Å². The van der Waals surface area contributed by atoms with E-state index in [1.807, 2.05) is 0 Å². The number of esters is 1. The van der Waals surface area contributed by atoms with Crippen molar-refractivity contribution in [2.75, 3.05) is 5.32 Å². The summed E-state index contributed by atoms with van der Waals surface area (Å²) in [4.78, 5) is 22.8. The second kappa shape index (κ2) is 7.16. The molecule has 0 aliphatic heterocycles. The summed E-state index contributed by atoms with van der Waals surface area (Å²) in [7, 11) is 0. The molecule has 126 valence electrons. The van der Waals surface area contributed by atoms with Crippen LogP contribution < -0.4 is 5.32 Å². The summed E-state index contributed by atoms with van der Waals surface area (Å²) in [5, 5.41) is 2.55. The molecule has 4 nitrogen and oxygen atoms in total. The molecule has 24 heavy (non-hydrogen) atoms. The van der Waals surface area contributed by atoms with Gasteiger partial charge in [0.25, 0.3) is 0 Å². The normalized spacial score (nSPS) is 11.0. The molecule has 0 heterocycles. The van der Waals surface area contributed by atoms with Crippen molar-refractivity contribution in [1.29, 1.82) is 0 Å². The van der Waals surface area contributed by atoms with Gasteiger partial charge in [-0.2, -0.15) is 13.2 Å². The third-order valence-electron chi connectivity index (χ3n) is 3.07. The number of carbonyl (C=O) groups is 2. The van der Waals surface area contributed by atoms with Gasteiger partial charge in [0.05, 0.1) is 11.1 Å². The second-order valence-corrected chi connectivity index (χ2v) is 5.03. The molecule has 2 aromatic rings. The Hall–Kier alpha value is -2.83. The number of alkyl halides is 3. The maximum Gasteiger partial charge on any atom is 0.416 e. The SMILES string of the molecule is CC(=O)Nc1ccc(C(=O)OCc2cccc(C(F)(F)F)c2)cc1. The summed E-state index contributed by atoms with van der Waals surface area (Å²) in [6.07, 6.45) is -4.44. The van der Waals surface area contributed by atoms with Crippen LogP contribution in [0, 0.1) is 0 Å². The number of hydrogen-bond acceptors (Lipinski definition) is 3. The third kappa shape index (κ3) is 4.84. The number of nitrogens with one attached hydrogen (secondary N) is 1. The van der Waals surface area contributed by atoms with Gasteiger partial charge >= 0.3 is 12.1 Å². The predicted octanol–water partition coefficient (Wildman–Crippen LogP) is 4.02. The van der Waals surface area contributed by atoms with Crippen molar-refractivity contribution in [3.05, 3.63) is 65.2 Å². The molecule has 0 fully saturated rings. The molecule has 0 aliphatic rings. The Bertz CT molecular complexity index is 739. The topological polar surface area (TPSA) is 55.4 Å². The molecule has 2 rings (SSSR count). The Balaban J connectivity index is 1.99. The molecular weight excluding hydrogens is 323 g/mol. The van der Waals surface area contributed by atoms with Gasteiger partial charge in [-0.15, -0.1) is 0 Å².